The van der Waals surface area contributed by atoms with Crippen LogP contribution in [0.5, 0.6) is 0 Å². The predicted molar refractivity (Wildman–Crippen MR) is 93.4 cm³/mol. The molecular weight excluding hydrogens is 284 g/mol. The molecule has 0 fully saturated rings. The summed E-state index contributed by atoms with van der Waals surface area (Å²) in [5.74, 6) is 0.937. The summed E-state index contributed by atoms with van der Waals surface area (Å²) in [5.41, 5.74) is 3.71. The number of aromatic nitrogens is 3. The summed E-state index contributed by atoms with van der Waals surface area (Å²) in [6.07, 6.45) is 2.00. The van der Waals surface area contributed by atoms with Crippen molar-refractivity contribution in [2.45, 2.75) is 45.7 Å². The van der Waals surface area contributed by atoms with Gasteiger partial charge in [-0.05, 0) is 35.6 Å². The van der Waals surface area contributed by atoms with Crippen LogP contribution in [0.4, 0.5) is 0 Å². The van der Waals surface area contributed by atoms with Gasteiger partial charge in [-0.25, -0.2) is 0 Å². The zero-order valence-electron chi connectivity index (χ0n) is 14.2. The predicted octanol–water partition coefficient (Wildman–Crippen LogP) is 3.88. The first kappa shape index (κ1) is 15.7. The Kier molecular flexibility index (Phi) is 4.18. The Labute approximate surface area is 137 Å². The van der Waals surface area contributed by atoms with Crippen molar-refractivity contribution in [3.63, 3.8) is 0 Å². The zero-order chi connectivity index (χ0) is 16.4. The van der Waals surface area contributed by atoms with E-state index in [0.29, 0.717) is 0 Å². The van der Waals surface area contributed by atoms with E-state index in [0.717, 1.165) is 18.0 Å². The molecule has 1 atom stereocenters. The maximum Gasteiger partial charge on any atom is 0.160 e. The number of pyridine rings is 1. The zero-order valence-corrected chi connectivity index (χ0v) is 14.2. The third-order valence-corrected chi connectivity index (χ3v) is 4.16. The summed E-state index contributed by atoms with van der Waals surface area (Å²) in [5, 5.41) is 12.0. The van der Waals surface area contributed by atoms with Crippen LogP contribution in [0.25, 0.3) is 5.65 Å². The second-order valence-electron chi connectivity index (χ2n) is 7.04. The van der Waals surface area contributed by atoms with E-state index in [1.165, 1.54) is 11.1 Å². The molecule has 2 heterocycles. The van der Waals surface area contributed by atoms with Crippen LogP contribution < -0.4 is 5.32 Å². The first-order valence-electron chi connectivity index (χ1n) is 8.07. The van der Waals surface area contributed by atoms with Gasteiger partial charge in [0.05, 0.1) is 6.04 Å². The standard InChI is InChI=1S/C19H24N4/c1-14(18-22-21-17-7-5-6-12-23(17)18)20-13-15-8-10-16(11-9-15)19(2,3)4/h5-12,14,20H,13H2,1-4H3. The molecule has 120 valence electrons. The molecule has 0 aliphatic rings. The molecular formula is C19H24N4. The minimum atomic E-state index is 0.134. The average molecular weight is 308 g/mol. The molecule has 0 saturated carbocycles. The summed E-state index contributed by atoms with van der Waals surface area (Å²) in [7, 11) is 0. The fourth-order valence-corrected chi connectivity index (χ4v) is 2.64. The normalized spacial score (nSPS) is 13.4. The number of hydrogen-bond acceptors (Lipinski definition) is 3. The Morgan fingerprint density at radius 1 is 1.04 bits per heavy atom. The maximum absolute atomic E-state index is 4.30. The van der Waals surface area contributed by atoms with Gasteiger partial charge >= 0.3 is 0 Å². The van der Waals surface area contributed by atoms with E-state index in [1.54, 1.807) is 0 Å². The molecule has 2 aromatic heterocycles. The quantitative estimate of drug-likeness (QED) is 0.795. The van der Waals surface area contributed by atoms with Crippen molar-refractivity contribution in [2.75, 3.05) is 0 Å². The molecule has 0 amide bonds. The van der Waals surface area contributed by atoms with Crippen LogP contribution in [-0.4, -0.2) is 14.6 Å². The molecule has 1 aromatic carbocycles. The minimum absolute atomic E-state index is 0.134. The Hall–Kier alpha value is -2.20. The van der Waals surface area contributed by atoms with E-state index >= 15 is 0 Å². The van der Waals surface area contributed by atoms with Gasteiger partial charge in [-0.15, -0.1) is 10.2 Å². The van der Waals surface area contributed by atoms with Crippen LogP contribution >= 0.6 is 0 Å². The minimum Gasteiger partial charge on any atom is -0.303 e. The highest BCUT2D eigenvalue weighted by Gasteiger charge is 2.14. The van der Waals surface area contributed by atoms with Crippen LogP contribution in [0.15, 0.2) is 48.7 Å². The monoisotopic (exact) mass is 308 g/mol. The molecule has 3 rings (SSSR count). The van der Waals surface area contributed by atoms with E-state index in [2.05, 4.69) is 67.5 Å². The molecule has 0 radical (unpaired) electrons. The van der Waals surface area contributed by atoms with E-state index in [-0.39, 0.29) is 11.5 Å². The van der Waals surface area contributed by atoms with Crippen LogP contribution in [0.3, 0.4) is 0 Å². The van der Waals surface area contributed by atoms with E-state index < -0.39 is 0 Å². The van der Waals surface area contributed by atoms with Gasteiger partial charge in [0.25, 0.3) is 0 Å². The topological polar surface area (TPSA) is 42.2 Å². The first-order valence-corrected chi connectivity index (χ1v) is 8.07. The third-order valence-electron chi connectivity index (χ3n) is 4.16. The van der Waals surface area contributed by atoms with Gasteiger partial charge in [0.1, 0.15) is 0 Å². The molecule has 0 saturated heterocycles. The molecule has 1 unspecified atom stereocenters. The van der Waals surface area contributed by atoms with Crippen molar-refractivity contribution < 1.29 is 0 Å². The third kappa shape index (κ3) is 3.42. The largest absolute Gasteiger partial charge is 0.303 e. The molecule has 0 aliphatic carbocycles. The van der Waals surface area contributed by atoms with Crippen LogP contribution in [0.2, 0.25) is 0 Å². The van der Waals surface area contributed by atoms with Crippen molar-refractivity contribution in [2.24, 2.45) is 0 Å². The summed E-state index contributed by atoms with van der Waals surface area (Å²) in [4.78, 5) is 0. The number of nitrogens with zero attached hydrogens (tertiary/aromatic N) is 3. The lowest BCUT2D eigenvalue weighted by molar-refractivity contribution is 0.541. The van der Waals surface area contributed by atoms with Crippen molar-refractivity contribution in [1.82, 2.24) is 19.9 Å². The summed E-state index contributed by atoms with van der Waals surface area (Å²) in [6.45, 7) is 9.64. The van der Waals surface area contributed by atoms with Gasteiger partial charge in [0, 0.05) is 12.7 Å². The van der Waals surface area contributed by atoms with Crippen LogP contribution in [-0.2, 0) is 12.0 Å². The average Bonchev–Trinajstić information content (AvgIpc) is 2.96. The van der Waals surface area contributed by atoms with Crippen molar-refractivity contribution in [3.8, 4) is 0 Å². The van der Waals surface area contributed by atoms with Gasteiger partial charge in [0.2, 0.25) is 0 Å². The van der Waals surface area contributed by atoms with Crippen LogP contribution in [0, 0.1) is 0 Å². The van der Waals surface area contributed by atoms with Crippen molar-refractivity contribution in [1.29, 1.82) is 0 Å². The fourth-order valence-electron chi connectivity index (χ4n) is 2.64. The van der Waals surface area contributed by atoms with Gasteiger partial charge in [-0.3, -0.25) is 4.40 Å². The van der Waals surface area contributed by atoms with Gasteiger partial charge < -0.3 is 5.32 Å². The SMILES string of the molecule is CC(NCc1ccc(C(C)(C)C)cc1)c1nnc2ccccn12. The molecule has 4 heteroatoms. The highest BCUT2D eigenvalue weighted by molar-refractivity contribution is 5.37. The van der Waals surface area contributed by atoms with Crippen molar-refractivity contribution >= 4 is 5.65 Å². The van der Waals surface area contributed by atoms with Gasteiger partial charge in [0.15, 0.2) is 11.5 Å². The van der Waals surface area contributed by atoms with E-state index in [1.807, 2.05) is 28.8 Å². The number of fused-ring (bicyclic) bond motifs is 1. The number of nitrogens with one attached hydrogen (secondary N) is 1. The molecule has 23 heavy (non-hydrogen) atoms. The highest BCUT2D eigenvalue weighted by Crippen LogP contribution is 2.22. The van der Waals surface area contributed by atoms with Gasteiger partial charge in [-0.1, -0.05) is 51.1 Å². The summed E-state index contributed by atoms with van der Waals surface area (Å²) < 4.78 is 2.03. The fraction of sp³-hybridized carbons (Fsp3) is 0.368. The smallest absolute Gasteiger partial charge is 0.160 e. The molecule has 4 nitrogen and oxygen atoms in total. The molecule has 0 aliphatic heterocycles. The number of hydrogen-bond donors (Lipinski definition) is 1. The Morgan fingerprint density at radius 2 is 1.78 bits per heavy atom. The van der Waals surface area contributed by atoms with E-state index in [9.17, 15) is 0 Å². The first-order chi connectivity index (χ1) is 10.9. The second-order valence-corrected chi connectivity index (χ2v) is 7.04. The lowest BCUT2D eigenvalue weighted by atomic mass is 9.87. The summed E-state index contributed by atoms with van der Waals surface area (Å²) >= 11 is 0. The lowest BCUT2D eigenvalue weighted by Gasteiger charge is -2.19. The van der Waals surface area contributed by atoms with Gasteiger partial charge in [-0.2, -0.15) is 0 Å². The summed E-state index contributed by atoms with van der Waals surface area (Å²) in [6, 6.07) is 14.9. The molecule has 3 aromatic rings. The highest BCUT2D eigenvalue weighted by atomic mass is 15.3. The van der Waals surface area contributed by atoms with E-state index in [4.69, 9.17) is 0 Å². The molecule has 0 spiro atoms. The lowest BCUT2D eigenvalue weighted by Crippen LogP contribution is -2.20. The molecule has 1 N–H and O–H groups in total. The Morgan fingerprint density at radius 3 is 2.48 bits per heavy atom. The van der Waals surface area contributed by atoms with Crippen LogP contribution in [0.1, 0.15) is 50.7 Å². The number of benzene rings is 1. The second kappa shape index (κ2) is 6.13. The van der Waals surface area contributed by atoms with Crippen molar-refractivity contribution in [3.05, 3.63) is 65.6 Å². The number of rotatable bonds is 4. The molecule has 0 bridgehead atoms. The Bertz CT molecular complexity index is 781. The Balaban J connectivity index is 1.68. The maximum atomic E-state index is 4.30.